The minimum atomic E-state index is -0.386. The number of para-hydroxylation sites is 1. The molecule has 0 aliphatic carbocycles. The second kappa shape index (κ2) is 4.88. The summed E-state index contributed by atoms with van der Waals surface area (Å²) in [6.07, 6.45) is 2.74. The van der Waals surface area contributed by atoms with Crippen LogP contribution in [0.5, 0.6) is 0 Å². The Morgan fingerprint density at radius 3 is 2.94 bits per heavy atom. The van der Waals surface area contributed by atoms with Gasteiger partial charge in [0, 0.05) is 11.7 Å². The van der Waals surface area contributed by atoms with Gasteiger partial charge in [0.1, 0.15) is 0 Å². The molecular formula is C14H20N2O. The van der Waals surface area contributed by atoms with Gasteiger partial charge >= 0.3 is 0 Å². The second-order valence-electron chi connectivity index (χ2n) is 4.74. The Balaban J connectivity index is 2.36. The van der Waals surface area contributed by atoms with Crippen molar-refractivity contribution in [3.8, 4) is 0 Å². The van der Waals surface area contributed by atoms with Crippen molar-refractivity contribution in [3.05, 3.63) is 29.8 Å². The van der Waals surface area contributed by atoms with Crippen LogP contribution in [0.25, 0.3) is 0 Å². The molecule has 0 saturated heterocycles. The molecule has 92 valence electrons. The summed E-state index contributed by atoms with van der Waals surface area (Å²) in [6, 6.07) is 7.98. The molecule has 0 radical (unpaired) electrons. The summed E-state index contributed by atoms with van der Waals surface area (Å²) in [6.45, 7) is 4.04. The second-order valence-corrected chi connectivity index (χ2v) is 4.74. The number of hydrogen-bond donors (Lipinski definition) is 1. The summed E-state index contributed by atoms with van der Waals surface area (Å²) in [4.78, 5) is 14.2. The van der Waals surface area contributed by atoms with Gasteiger partial charge < -0.3 is 10.6 Å². The zero-order valence-electron chi connectivity index (χ0n) is 10.5. The lowest BCUT2D eigenvalue weighted by molar-refractivity contribution is -0.120. The van der Waals surface area contributed by atoms with Crippen molar-refractivity contribution in [2.45, 2.75) is 45.2 Å². The first-order valence-corrected chi connectivity index (χ1v) is 6.31. The number of nitrogens with zero attached hydrogens (tertiary/aromatic N) is 1. The average molecular weight is 232 g/mol. The van der Waals surface area contributed by atoms with Gasteiger partial charge in [-0.3, -0.25) is 4.79 Å². The lowest BCUT2D eigenvalue weighted by Gasteiger charge is -2.36. The molecule has 0 fully saturated rings. The quantitative estimate of drug-likeness (QED) is 0.848. The molecule has 1 unspecified atom stereocenters. The Hall–Kier alpha value is -1.35. The fourth-order valence-corrected chi connectivity index (χ4v) is 2.38. The summed E-state index contributed by atoms with van der Waals surface area (Å²) in [7, 11) is 0. The lowest BCUT2D eigenvalue weighted by Crippen LogP contribution is -2.49. The molecule has 0 aromatic heterocycles. The highest BCUT2D eigenvalue weighted by molar-refractivity contribution is 5.98. The third-order valence-electron chi connectivity index (χ3n) is 3.52. The van der Waals surface area contributed by atoms with Gasteiger partial charge in [-0.25, -0.2) is 0 Å². The number of carbonyl (C=O) groups is 1. The van der Waals surface area contributed by atoms with Crippen molar-refractivity contribution < 1.29 is 4.79 Å². The van der Waals surface area contributed by atoms with E-state index in [0.29, 0.717) is 6.42 Å². The van der Waals surface area contributed by atoms with Crippen LogP contribution < -0.4 is 10.6 Å². The molecule has 2 atom stereocenters. The topological polar surface area (TPSA) is 46.3 Å². The number of carbonyl (C=O) groups excluding carboxylic acids is 1. The molecule has 2 N–H and O–H groups in total. The van der Waals surface area contributed by atoms with Crippen LogP contribution in [0.1, 0.15) is 32.3 Å². The molecule has 3 heteroatoms. The Bertz CT molecular complexity index is 416. The molecule has 1 aromatic rings. The maximum Gasteiger partial charge on any atom is 0.244 e. The van der Waals surface area contributed by atoms with E-state index >= 15 is 0 Å². The van der Waals surface area contributed by atoms with Gasteiger partial charge in [0.2, 0.25) is 5.91 Å². The maximum absolute atomic E-state index is 12.3. The van der Waals surface area contributed by atoms with Crippen LogP contribution in [0.3, 0.4) is 0 Å². The fraction of sp³-hybridized carbons (Fsp3) is 0.500. The molecular weight excluding hydrogens is 212 g/mol. The van der Waals surface area contributed by atoms with Gasteiger partial charge in [-0.15, -0.1) is 0 Å². The lowest BCUT2D eigenvalue weighted by atomic mass is 9.95. The van der Waals surface area contributed by atoms with E-state index in [4.69, 9.17) is 5.73 Å². The van der Waals surface area contributed by atoms with Gasteiger partial charge in [-0.1, -0.05) is 25.1 Å². The van der Waals surface area contributed by atoms with Crippen LogP contribution >= 0.6 is 0 Å². The van der Waals surface area contributed by atoms with Crippen LogP contribution in [-0.2, 0) is 11.2 Å². The molecule has 1 aliphatic rings. The largest absolute Gasteiger partial charge is 0.320 e. The van der Waals surface area contributed by atoms with E-state index < -0.39 is 0 Å². The predicted molar refractivity (Wildman–Crippen MR) is 70.0 cm³/mol. The normalized spacial score (nSPS) is 20.9. The number of benzene rings is 1. The van der Waals surface area contributed by atoms with E-state index in [1.54, 1.807) is 0 Å². The molecule has 17 heavy (non-hydrogen) atoms. The molecule has 1 amide bonds. The Morgan fingerprint density at radius 1 is 1.53 bits per heavy atom. The Kier molecular flexibility index (Phi) is 3.48. The molecule has 0 saturated carbocycles. The smallest absolute Gasteiger partial charge is 0.244 e. The maximum atomic E-state index is 12.3. The van der Waals surface area contributed by atoms with Crippen molar-refractivity contribution in [1.82, 2.24) is 0 Å². The number of hydrogen-bond acceptors (Lipinski definition) is 2. The summed E-state index contributed by atoms with van der Waals surface area (Å²) < 4.78 is 0. The molecule has 1 heterocycles. The minimum absolute atomic E-state index is 0.0483. The van der Waals surface area contributed by atoms with Gasteiger partial charge in [0.05, 0.1) is 6.04 Å². The molecule has 2 rings (SSSR count). The molecule has 3 nitrogen and oxygen atoms in total. The van der Waals surface area contributed by atoms with Gasteiger partial charge in [0.25, 0.3) is 0 Å². The zero-order valence-corrected chi connectivity index (χ0v) is 10.5. The van der Waals surface area contributed by atoms with Crippen molar-refractivity contribution in [2.75, 3.05) is 4.90 Å². The van der Waals surface area contributed by atoms with Crippen molar-refractivity contribution in [1.29, 1.82) is 0 Å². The van der Waals surface area contributed by atoms with Crippen molar-refractivity contribution >= 4 is 11.6 Å². The number of anilines is 1. The van der Waals surface area contributed by atoms with Gasteiger partial charge in [0.15, 0.2) is 0 Å². The highest BCUT2D eigenvalue weighted by atomic mass is 16.2. The molecule has 0 spiro atoms. The van der Waals surface area contributed by atoms with E-state index in [1.165, 1.54) is 5.56 Å². The number of fused-ring (bicyclic) bond motifs is 1. The number of amides is 1. The van der Waals surface area contributed by atoms with Crippen LogP contribution in [-0.4, -0.2) is 18.0 Å². The average Bonchev–Trinajstić information content (AvgIpc) is 2.37. The van der Waals surface area contributed by atoms with E-state index in [9.17, 15) is 4.79 Å². The van der Waals surface area contributed by atoms with Gasteiger partial charge in [-0.05, 0) is 37.8 Å². The van der Waals surface area contributed by atoms with Gasteiger partial charge in [-0.2, -0.15) is 0 Å². The number of rotatable bonds is 2. The van der Waals surface area contributed by atoms with Crippen LogP contribution in [0, 0.1) is 0 Å². The zero-order chi connectivity index (χ0) is 12.4. The fourth-order valence-electron chi connectivity index (χ4n) is 2.38. The highest BCUT2D eigenvalue weighted by Gasteiger charge is 2.30. The third-order valence-corrected chi connectivity index (χ3v) is 3.52. The van der Waals surface area contributed by atoms with Crippen LogP contribution in [0.15, 0.2) is 24.3 Å². The SMILES string of the molecule is CC[C@H](N)C(=O)N1c2ccccc2CCC1C. The predicted octanol–water partition coefficient (Wildman–Crippen LogP) is 2.09. The molecule has 1 aromatic carbocycles. The standard InChI is InChI=1S/C14H20N2O/c1-3-12(15)14(17)16-10(2)8-9-11-6-4-5-7-13(11)16/h4-7,10,12H,3,8-9,15H2,1-2H3/t10?,12-/m0/s1. The summed E-state index contributed by atoms with van der Waals surface area (Å²) in [5.74, 6) is 0.0483. The minimum Gasteiger partial charge on any atom is -0.320 e. The Morgan fingerprint density at radius 2 is 2.24 bits per heavy atom. The van der Waals surface area contributed by atoms with Crippen LogP contribution in [0.4, 0.5) is 5.69 Å². The summed E-state index contributed by atoms with van der Waals surface area (Å²) in [5.41, 5.74) is 8.17. The molecule has 0 bridgehead atoms. The van der Waals surface area contributed by atoms with Crippen LogP contribution in [0.2, 0.25) is 0 Å². The number of nitrogens with two attached hydrogens (primary N) is 1. The highest BCUT2D eigenvalue weighted by Crippen LogP contribution is 2.30. The van der Waals surface area contributed by atoms with E-state index in [-0.39, 0.29) is 18.0 Å². The first-order chi connectivity index (χ1) is 8.15. The van der Waals surface area contributed by atoms with Crippen molar-refractivity contribution in [3.63, 3.8) is 0 Å². The third kappa shape index (κ3) is 2.20. The van der Waals surface area contributed by atoms with Crippen molar-refractivity contribution in [2.24, 2.45) is 5.73 Å². The molecule has 1 aliphatic heterocycles. The first-order valence-electron chi connectivity index (χ1n) is 6.31. The summed E-state index contributed by atoms with van der Waals surface area (Å²) >= 11 is 0. The van der Waals surface area contributed by atoms with E-state index in [0.717, 1.165) is 18.5 Å². The Labute approximate surface area is 103 Å². The monoisotopic (exact) mass is 232 g/mol. The van der Waals surface area contributed by atoms with E-state index in [1.807, 2.05) is 30.0 Å². The van der Waals surface area contributed by atoms with E-state index in [2.05, 4.69) is 13.0 Å². The number of aryl methyl sites for hydroxylation is 1. The first kappa shape index (κ1) is 12.1. The summed E-state index contributed by atoms with van der Waals surface area (Å²) in [5, 5.41) is 0.